The monoisotopic (exact) mass is 268 g/mol. The molecular weight excluding hydrogens is 255 g/mol. The highest BCUT2D eigenvalue weighted by atomic mass is 35.5. The van der Waals surface area contributed by atoms with Gasteiger partial charge in [-0.25, -0.2) is 4.39 Å². The highest BCUT2D eigenvalue weighted by molar-refractivity contribution is 6.31. The number of aromatic nitrogens is 1. The summed E-state index contributed by atoms with van der Waals surface area (Å²) in [4.78, 5) is 0. The van der Waals surface area contributed by atoms with Gasteiger partial charge in [-0.1, -0.05) is 22.8 Å². The summed E-state index contributed by atoms with van der Waals surface area (Å²) < 4.78 is 17.9. The molecular formula is C13H14ClFN2O. The molecule has 2 aromatic rings. The molecule has 0 aliphatic carbocycles. The summed E-state index contributed by atoms with van der Waals surface area (Å²) in [5.41, 5.74) is 2.79. The maximum absolute atomic E-state index is 12.9. The van der Waals surface area contributed by atoms with Gasteiger partial charge in [0, 0.05) is 23.7 Å². The zero-order valence-corrected chi connectivity index (χ0v) is 11.0. The van der Waals surface area contributed by atoms with Crippen LogP contribution in [0.3, 0.4) is 0 Å². The van der Waals surface area contributed by atoms with Crippen LogP contribution in [0.1, 0.15) is 22.6 Å². The Bertz CT molecular complexity index is 534. The van der Waals surface area contributed by atoms with Crippen LogP contribution in [0, 0.1) is 19.7 Å². The van der Waals surface area contributed by atoms with Gasteiger partial charge in [0.2, 0.25) is 0 Å². The quantitative estimate of drug-likeness (QED) is 0.924. The number of halogens is 2. The second-order valence-corrected chi connectivity index (χ2v) is 4.55. The van der Waals surface area contributed by atoms with Gasteiger partial charge < -0.3 is 9.84 Å². The smallest absolute Gasteiger partial charge is 0.138 e. The van der Waals surface area contributed by atoms with Crippen LogP contribution in [-0.2, 0) is 13.1 Å². The summed E-state index contributed by atoms with van der Waals surface area (Å²) >= 11 is 5.94. The highest BCUT2D eigenvalue weighted by Crippen LogP contribution is 2.17. The third kappa shape index (κ3) is 2.89. The fourth-order valence-corrected chi connectivity index (χ4v) is 1.98. The second kappa shape index (κ2) is 5.50. The molecule has 0 spiro atoms. The summed E-state index contributed by atoms with van der Waals surface area (Å²) in [6.45, 7) is 5.00. The maximum Gasteiger partial charge on any atom is 0.138 e. The molecule has 0 aliphatic heterocycles. The van der Waals surface area contributed by atoms with E-state index in [0.717, 1.165) is 22.6 Å². The van der Waals surface area contributed by atoms with Gasteiger partial charge in [0.25, 0.3) is 0 Å². The number of rotatable bonds is 4. The SMILES string of the molecule is Cc1noc(C)c1CNCc1ccc(F)cc1Cl. The lowest BCUT2D eigenvalue weighted by Gasteiger charge is -2.06. The van der Waals surface area contributed by atoms with E-state index in [1.165, 1.54) is 12.1 Å². The van der Waals surface area contributed by atoms with Gasteiger partial charge in [-0.3, -0.25) is 0 Å². The van der Waals surface area contributed by atoms with Crippen LogP contribution in [0.5, 0.6) is 0 Å². The van der Waals surface area contributed by atoms with Crippen molar-refractivity contribution >= 4 is 11.6 Å². The molecule has 3 nitrogen and oxygen atoms in total. The molecule has 0 fully saturated rings. The fraction of sp³-hybridized carbons (Fsp3) is 0.308. The minimum Gasteiger partial charge on any atom is -0.361 e. The molecule has 1 aromatic heterocycles. The Kier molecular flexibility index (Phi) is 3.99. The van der Waals surface area contributed by atoms with E-state index >= 15 is 0 Å². The van der Waals surface area contributed by atoms with Crippen LogP contribution in [0.15, 0.2) is 22.7 Å². The van der Waals surface area contributed by atoms with Crippen molar-refractivity contribution < 1.29 is 8.91 Å². The van der Waals surface area contributed by atoms with Crippen molar-refractivity contribution in [3.05, 3.63) is 51.6 Å². The molecule has 5 heteroatoms. The van der Waals surface area contributed by atoms with Crippen molar-refractivity contribution in [2.45, 2.75) is 26.9 Å². The lowest BCUT2D eigenvalue weighted by Crippen LogP contribution is -2.14. The van der Waals surface area contributed by atoms with E-state index in [1.807, 2.05) is 13.8 Å². The third-order valence-electron chi connectivity index (χ3n) is 2.81. The van der Waals surface area contributed by atoms with Crippen LogP contribution in [-0.4, -0.2) is 5.16 Å². The molecule has 0 bridgehead atoms. The lowest BCUT2D eigenvalue weighted by molar-refractivity contribution is 0.392. The Morgan fingerprint density at radius 3 is 2.72 bits per heavy atom. The number of hydrogen-bond acceptors (Lipinski definition) is 3. The number of hydrogen-bond donors (Lipinski definition) is 1. The first-order valence-electron chi connectivity index (χ1n) is 5.64. The molecule has 0 amide bonds. The first-order valence-corrected chi connectivity index (χ1v) is 6.02. The number of nitrogens with zero attached hydrogens (tertiary/aromatic N) is 1. The average molecular weight is 269 g/mol. The molecule has 2 rings (SSSR count). The van der Waals surface area contributed by atoms with Crippen molar-refractivity contribution in [3.63, 3.8) is 0 Å². The minimum atomic E-state index is -0.325. The molecule has 18 heavy (non-hydrogen) atoms. The average Bonchev–Trinajstić information content (AvgIpc) is 2.63. The van der Waals surface area contributed by atoms with E-state index in [-0.39, 0.29) is 5.82 Å². The van der Waals surface area contributed by atoms with Gasteiger partial charge in [-0.15, -0.1) is 0 Å². The number of aryl methyl sites for hydroxylation is 2. The van der Waals surface area contributed by atoms with Gasteiger partial charge >= 0.3 is 0 Å². The summed E-state index contributed by atoms with van der Waals surface area (Å²) in [5.74, 6) is 0.486. The van der Waals surface area contributed by atoms with E-state index < -0.39 is 0 Å². The second-order valence-electron chi connectivity index (χ2n) is 4.14. The van der Waals surface area contributed by atoms with Crippen LogP contribution in [0.25, 0.3) is 0 Å². The predicted octanol–water partition coefficient (Wildman–Crippen LogP) is 3.37. The standard InChI is InChI=1S/C13H14ClFN2O/c1-8-12(9(2)18-17-8)7-16-6-10-3-4-11(15)5-13(10)14/h3-5,16H,6-7H2,1-2H3. The van der Waals surface area contributed by atoms with Crippen LogP contribution < -0.4 is 5.32 Å². The molecule has 0 aliphatic rings. The Balaban J connectivity index is 1.96. The van der Waals surface area contributed by atoms with E-state index in [9.17, 15) is 4.39 Å². The van der Waals surface area contributed by atoms with E-state index in [0.29, 0.717) is 18.1 Å². The Morgan fingerprint density at radius 2 is 2.11 bits per heavy atom. The minimum absolute atomic E-state index is 0.325. The number of benzene rings is 1. The van der Waals surface area contributed by atoms with Crippen LogP contribution >= 0.6 is 11.6 Å². The van der Waals surface area contributed by atoms with Gasteiger partial charge in [0.1, 0.15) is 11.6 Å². The van der Waals surface area contributed by atoms with E-state index in [4.69, 9.17) is 16.1 Å². The van der Waals surface area contributed by atoms with Crippen molar-refractivity contribution in [3.8, 4) is 0 Å². The lowest BCUT2D eigenvalue weighted by atomic mass is 10.2. The molecule has 1 aromatic carbocycles. The Morgan fingerprint density at radius 1 is 1.33 bits per heavy atom. The van der Waals surface area contributed by atoms with Gasteiger partial charge in [0.05, 0.1) is 5.69 Å². The van der Waals surface area contributed by atoms with Gasteiger partial charge in [0.15, 0.2) is 0 Å². The topological polar surface area (TPSA) is 38.1 Å². The molecule has 0 atom stereocenters. The normalized spacial score (nSPS) is 10.9. The zero-order chi connectivity index (χ0) is 13.1. The molecule has 0 radical (unpaired) electrons. The summed E-state index contributed by atoms with van der Waals surface area (Å²) in [5, 5.41) is 7.55. The Labute approximate surface area is 110 Å². The molecule has 0 saturated heterocycles. The molecule has 0 unspecified atom stereocenters. The zero-order valence-electron chi connectivity index (χ0n) is 10.3. The van der Waals surface area contributed by atoms with E-state index in [2.05, 4.69) is 10.5 Å². The van der Waals surface area contributed by atoms with E-state index in [1.54, 1.807) is 6.07 Å². The van der Waals surface area contributed by atoms with Crippen molar-refractivity contribution in [1.29, 1.82) is 0 Å². The first kappa shape index (κ1) is 13.1. The summed E-state index contributed by atoms with van der Waals surface area (Å²) in [6, 6.07) is 4.39. The molecule has 0 saturated carbocycles. The Hall–Kier alpha value is -1.39. The van der Waals surface area contributed by atoms with Crippen molar-refractivity contribution in [2.24, 2.45) is 0 Å². The number of nitrogens with one attached hydrogen (secondary N) is 1. The third-order valence-corrected chi connectivity index (χ3v) is 3.17. The fourth-order valence-electron chi connectivity index (χ4n) is 1.74. The maximum atomic E-state index is 12.9. The van der Waals surface area contributed by atoms with Crippen LogP contribution in [0.4, 0.5) is 4.39 Å². The highest BCUT2D eigenvalue weighted by Gasteiger charge is 2.08. The summed E-state index contributed by atoms with van der Waals surface area (Å²) in [7, 11) is 0. The van der Waals surface area contributed by atoms with Gasteiger partial charge in [-0.2, -0.15) is 0 Å². The largest absolute Gasteiger partial charge is 0.361 e. The molecule has 1 heterocycles. The summed E-state index contributed by atoms with van der Waals surface area (Å²) in [6.07, 6.45) is 0. The van der Waals surface area contributed by atoms with Gasteiger partial charge in [-0.05, 0) is 31.5 Å². The predicted molar refractivity (Wildman–Crippen MR) is 67.9 cm³/mol. The van der Waals surface area contributed by atoms with Crippen molar-refractivity contribution in [2.75, 3.05) is 0 Å². The molecule has 1 N–H and O–H groups in total. The molecule has 96 valence electrons. The van der Waals surface area contributed by atoms with Crippen LogP contribution in [0.2, 0.25) is 5.02 Å². The van der Waals surface area contributed by atoms with Crippen molar-refractivity contribution in [1.82, 2.24) is 10.5 Å². The first-order chi connectivity index (χ1) is 8.58.